The van der Waals surface area contributed by atoms with E-state index in [2.05, 4.69) is 0 Å². The molecule has 1 aliphatic heterocycles. The van der Waals surface area contributed by atoms with Crippen molar-refractivity contribution in [2.45, 2.75) is 24.9 Å². The number of nitrogens with zero attached hydrogens (tertiary/aromatic N) is 1. The van der Waals surface area contributed by atoms with Gasteiger partial charge in [-0.1, -0.05) is 19.1 Å². The van der Waals surface area contributed by atoms with Gasteiger partial charge in [-0.15, -0.1) is 11.6 Å². The predicted molar refractivity (Wildman–Crippen MR) is 67.1 cm³/mol. The summed E-state index contributed by atoms with van der Waals surface area (Å²) in [7, 11) is 0. The van der Waals surface area contributed by atoms with Crippen LogP contribution in [0.4, 0.5) is 18.9 Å². The molecule has 2 unspecified atom stereocenters. The first-order valence-corrected chi connectivity index (χ1v) is 6.38. The SMILES string of the molecule is CC1CN(c2ccccc2C(F)(F)F)CCC1Cl. The summed E-state index contributed by atoms with van der Waals surface area (Å²) in [6.07, 6.45) is -3.59. The zero-order chi connectivity index (χ0) is 13.3. The average molecular weight is 278 g/mol. The van der Waals surface area contributed by atoms with Gasteiger partial charge in [0.2, 0.25) is 0 Å². The molecule has 1 aromatic rings. The standard InChI is InChI=1S/C13H15ClF3N/c1-9-8-18(7-6-11(9)14)12-5-3-2-4-10(12)13(15,16)17/h2-5,9,11H,6-8H2,1H3. The molecule has 0 amide bonds. The van der Waals surface area contributed by atoms with E-state index in [1.54, 1.807) is 11.0 Å². The Morgan fingerprint density at radius 2 is 1.94 bits per heavy atom. The minimum Gasteiger partial charge on any atom is -0.371 e. The van der Waals surface area contributed by atoms with E-state index in [4.69, 9.17) is 11.6 Å². The lowest BCUT2D eigenvalue weighted by atomic mass is 9.98. The molecule has 0 saturated carbocycles. The Kier molecular flexibility index (Phi) is 3.76. The van der Waals surface area contributed by atoms with Gasteiger partial charge in [-0.3, -0.25) is 0 Å². The second-order valence-electron chi connectivity index (χ2n) is 4.74. The zero-order valence-electron chi connectivity index (χ0n) is 10.0. The Hall–Kier alpha value is -0.900. The number of para-hydroxylation sites is 1. The summed E-state index contributed by atoms with van der Waals surface area (Å²) in [4.78, 5) is 1.78. The van der Waals surface area contributed by atoms with Crippen LogP contribution in [0.25, 0.3) is 0 Å². The van der Waals surface area contributed by atoms with Crippen LogP contribution in [0.5, 0.6) is 0 Å². The van der Waals surface area contributed by atoms with E-state index in [1.165, 1.54) is 12.1 Å². The largest absolute Gasteiger partial charge is 0.418 e. The van der Waals surface area contributed by atoms with Crippen LogP contribution >= 0.6 is 11.6 Å². The third-order valence-electron chi connectivity index (χ3n) is 3.35. The van der Waals surface area contributed by atoms with Gasteiger partial charge >= 0.3 is 6.18 Å². The van der Waals surface area contributed by atoms with Crippen LogP contribution in [-0.4, -0.2) is 18.5 Å². The molecule has 0 bridgehead atoms. The van der Waals surface area contributed by atoms with Crippen molar-refractivity contribution in [3.63, 3.8) is 0 Å². The number of rotatable bonds is 1. The molecule has 18 heavy (non-hydrogen) atoms. The molecule has 1 fully saturated rings. The maximum absolute atomic E-state index is 12.9. The minimum absolute atomic E-state index is 0.0549. The Balaban J connectivity index is 2.29. The molecule has 0 N–H and O–H groups in total. The van der Waals surface area contributed by atoms with E-state index < -0.39 is 11.7 Å². The summed E-state index contributed by atoms with van der Waals surface area (Å²) < 4.78 is 38.8. The van der Waals surface area contributed by atoms with Crippen molar-refractivity contribution in [3.05, 3.63) is 29.8 Å². The fourth-order valence-corrected chi connectivity index (χ4v) is 2.50. The van der Waals surface area contributed by atoms with Gasteiger partial charge < -0.3 is 4.90 Å². The monoisotopic (exact) mass is 277 g/mol. The average Bonchev–Trinajstić information content (AvgIpc) is 2.32. The van der Waals surface area contributed by atoms with Gasteiger partial charge in [0.05, 0.1) is 5.56 Å². The number of hydrogen-bond donors (Lipinski definition) is 0. The highest BCUT2D eigenvalue weighted by atomic mass is 35.5. The topological polar surface area (TPSA) is 3.24 Å². The molecule has 1 aromatic carbocycles. The maximum atomic E-state index is 12.9. The molecular weight excluding hydrogens is 263 g/mol. The summed E-state index contributed by atoms with van der Waals surface area (Å²) in [5.41, 5.74) is -0.300. The summed E-state index contributed by atoms with van der Waals surface area (Å²) in [6, 6.07) is 5.73. The summed E-state index contributed by atoms with van der Waals surface area (Å²) >= 11 is 6.10. The van der Waals surface area contributed by atoms with Crippen LogP contribution in [-0.2, 0) is 6.18 Å². The van der Waals surface area contributed by atoms with E-state index in [9.17, 15) is 13.2 Å². The highest BCUT2D eigenvalue weighted by Gasteiger charge is 2.36. The number of alkyl halides is 4. The lowest BCUT2D eigenvalue weighted by Crippen LogP contribution is -2.40. The van der Waals surface area contributed by atoms with Crippen molar-refractivity contribution in [1.29, 1.82) is 0 Å². The van der Waals surface area contributed by atoms with Gasteiger partial charge in [0.25, 0.3) is 0 Å². The van der Waals surface area contributed by atoms with E-state index in [-0.39, 0.29) is 17.0 Å². The van der Waals surface area contributed by atoms with Gasteiger partial charge in [-0.05, 0) is 24.5 Å². The van der Waals surface area contributed by atoms with Crippen LogP contribution in [0.3, 0.4) is 0 Å². The van der Waals surface area contributed by atoms with Gasteiger partial charge in [0.1, 0.15) is 0 Å². The van der Waals surface area contributed by atoms with Crippen molar-refractivity contribution < 1.29 is 13.2 Å². The fraction of sp³-hybridized carbons (Fsp3) is 0.538. The lowest BCUT2D eigenvalue weighted by molar-refractivity contribution is -0.137. The van der Waals surface area contributed by atoms with Gasteiger partial charge in [0.15, 0.2) is 0 Å². The first-order chi connectivity index (χ1) is 8.39. The summed E-state index contributed by atoms with van der Waals surface area (Å²) in [5, 5.41) is 0.0549. The van der Waals surface area contributed by atoms with E-state index in [1.807, 2.05) is 6.92 Å². The smallest absolute Gasteiger partial charge is 0.371 e. The van der Waals surface area contributed by atoms with Gasteiger partial charge in [-0.2, -0.15) is 13.2 Å². The molecule has 0 aromatic heterocycles. The molecular formula is C13H15ClF3N. The van der Waals surface area contributed by atoms with E-state index >= 15 is 0 Å². The molecule has 1 heterocycles. The van der Waals surface area contributed by atoms with E-state index in [0.29, 0.717) is 13.1 Å². The fourth-order valence-electron chi connectivity index (χ4n) is 2.32. The molecule has 0 spiro atoms. The lowest BCUT2D eigenvalue weighted by Gasteiger charge is -2.36. The molecule has 0 radical (unpaired) electrons. The molecule has 100 valence electrons. The molecule has 2 atom stereocenters. The number of hydrogen-bond acceptors (Lipinski definition) is 1. The number of piperidine rings is 1. The Labute approximate surface area is 110 Å². The molecule has 5 heteroatoms. The first kappa shape index (κ1) is 13.5. The van der Waals surface area contributed by atoms with Crippen LogP contribution in [0.2, 0.25) is 0 Å². The Morgan fingerprint density at radius 1 is 1.28 bits per heavy atom. The van der Waals surface area contributed by atoms with Crippen molar-refractivity contribution in [2.24, 2.45) is 5.92 Å². The summed E-state index contributed by atoms with van der Waals surface area (Å²) in [6.45, 7) is 3.12. The summed E-state index contributed by atoms with van der Waals surface area (Å²) in [5.74, 6) is 0.196. The maximum Gasteiger partial charge on any atom is 0.418 e. The third-order valence-corrected chi connectivity index (χ3v) is 4.00. The van der Waals surface area contributed by atoms with E-state index in [0.717, 1.165) is 12.5 Å². The molecule has 2 rings (SSSR count). The second kappa shape index (κ2) is 5.00. The first-order valence-electron chi connectivity index (χ1n) is 5.95. The van der Waals surface area contributed by atoms with Gasteiger partial charge in [0, 0.05) is 24.2 Å². The molecule has 0 aliphatic carbocycles. The van der Waals surface area contributed by atoms with Crippen LogP contribution in [0.1, 0.15) is 18.9 Å². The highest BCUT2D eigenvalue weighted by Crippen LogP contribution is 2.38. The van der Waals surface area contributed by atoms with Crippen LogP contribution in [0, 0.1) is 5.92 Å². The molecule has 1 saturated heterocycles. The zero-order valence-corrected chi connectivity index (χ0v) is 10.8. The molecule has 1 nitrogen and oxygen atoms in total. The second-order valence-corrected chi connectivity index (χ2v) is 5.30. The third kappa shape index (κ3) is 2.74. The quantitative estimate of drug-likeness (QED) is 0.697. The van der Waals surface area contributed by atoms with Crippen LogP contribution < -0.4 is 4.90 Å². The van der Waals surface area contributed by atoms with Gasteiger partial charge in [-0.25, -0.2) is 0 Å². The normalized spacial score (nSPS) is 25.3. The predicted octanol–water partition coefficient (Wildman–Crippen LogP) is 4.16. The minimum atomic E-state index is -4.31. The van der Waals surface area contributed by atoms with Crippen molar-refractivity contribution in [1.82, 2.24) is 0 Å². The van der Waals surface area contributed by atoms with Crippen molar-refractivity contribution >= 4 is 17.3 Å². The van der Waals surface area contributed by atoms with Crippen LogP contribution in [0.15, 0.2) is 24.3 Å². The Bertz CT molecular complexity index is 419. The number of benzene rings is 1. The number of anilines is 1. The molecule has 1 aliphatic rings. The Morgan fingerprint density at radius 3 is 2.56 bits per heavy atom. The highest BCUT2D eigenvalue weighted by molar-refractivity contribution is 6.20. The van der Waals surface area contributed by atoms with Crippen molar-refractivity contribution in [3.8, 4) is 0 Å². The number of halogens is 4. The van der Waals surface area contributed by atoms with Crippen molar-refractivity contribution in [2.75, 3.05) is 18.0 Å².